The predicted molar refractivity (Wildman–Crippen MR) is 83.8 cm³/mol. The lowest BCUT2D eigenvalue weighted by Crippen LogP contribution is -2.25. The minimum absolute atomic E-state index is 0.703. The standard InChI is InChI=1S/C18H19NO/c1-5-18(20,15-8-6-14(2)7-9-15)16-10-12-17(13-11-16)19(3)4/h1,6-13,20H,2-4H3. The molecule has 2 aromatic rings. The van der Waals surface area contributed by atoms with Gasteiger partial charge in [-0.05, 0) is 19.1 Å². The van der Waals surface area contributed by atoms with Crippen molar-refractivity contribution < 1.29 is 5.11 Å². The third kappa shape index (κ3) is 2.54. The number of nitrogens with zero attached hydrogens (tertiary/aromatic N) is 1. The fourth-order valence-corrected chi connectivity index (χ4v) is 2.13. The fraction of sp³-hybridized carbons (Fsp3) is 0.222. The molecule has 20 heavy (non-hydrogen) atoms. The maximum absolute atomic E-state index is 10.8. The molecule has 0 amide bonds. The van der Waals surface area contributed by atoms with Gasteiger partial charge in [0, 0.05) is 30.9 Å². The Labute approximate surface area is 120 Å². The summed E-state index contributed by atoms with van der Waals surface area (Å²) in [6.07, 6.45) is 5.60. The van der Waals surface area contributed by atoms with Crippen molar-refractivity contribution in [3.05, 3.63) is 65.2 Å². The highest BCUT2D eigenvalue weighted by atomic mass is 16.3. The number of benzene rings is 2. The van der Waals surface area contributed by atoms with E-state index in [2.05, 4.69) is 5.92 Å². The Morgan fingerprint density at radius 2 is 1.40 bits per heavy atom. The average molecular weight is 265 g/mol. The van der Waals surface area contributed by atoms with Gasteiger partial charge in [-0.1, -0.05) is 47.9 Å². The van der Waals surface area contributed by atoms with Gasteiger partial charge in [-0.25, -0.2) is 0 Å². The molecule has 0 radical (unpaired) electrons. The van der Waals surface area contributed by atoms with Crippen molar-refractivity contribution in [1.29, 1.82) is 0 Å². The Hall–Kier alpha value is -2.24. The first-order chi connectivity index (χ1) is 9.47. The lowest BCUT2D eigenvalue weighted by atomic mass is 9.86. The van der Waals surface area contributed by atoms with Crippen LogP contribution in [0.1, 0.15) is 16.7 Å². The highest BCUT2D eigenvalue weighted by Gasteiger charge is 2.28. The zero-order chi connectivity index (χ0) is 14.8. The molecule has 2 nitrogen and oxygen atoms in total. The minimum atomic E-state index is -1.39. The molecular weight excluding hydrogens is 246 g/mol. The van der Waals surface area contributed by atoms with Gasteiger partial charge in [0.05, 0.1) is 0 Å². The van der Waals surface area contributed by atoms with Crippen LogP contribution < -0.4 is 4.90 Å². The van der Waals surface area contributed by atoms with Crippen LogP contribution in [0.4, 0.5) is 5.69 Å². The summed E-state index contributed by atoms with van der Waals surface area (Å²) in [4.78, 5) is 2.00. The van der Waals surface area contributed by atoms with E-state index in [1.54, 1.807) is 0 Å². The summed E-state index contributed by atoms with van der Waals surface area (Å²) in [5.41, 5.74) is 2.23. The second kappa shape index (κ2) is 5.40. The molecule has 2 rings (SSSR count). The van der Waals surface area contributed by atoms with E-state index >= 15 is 0 Å². The van der Waals surface area contributed by atoms with E-state index in [0.717, 1.165) is 11.3 Å². The molecule has 0 heterocycles. The molecule has 0 aromatic heterocycles. The van der Waals surface area contributed by atoms with E-state index < -0.39 is 5.60 Å². The molecule has 0 aliphatic heterocycles. The Morgan fingerprint density at radius 3 is 1.80 bits per heavy atom. The summed E-state index contributed by atoms with van der Waals surface area (Å²) >= 11 is 0. The first-order valence-electron chi connectivity index (χ1n) is 6.52. The van der Waals surface area contributed by atoms with Crippen LogP contribution in [0.3, 0.4) is 0 Å². The molecule has 1 unspecified atom stereocenters. The third-order valence-corrected chi connectivity index (χ3v) is 3.48. The van der Waals surface area contributed by atoms with Crippen molar-refractivity contribution in [3.8, 4) is 12.3 Å². The number of hydrogen-bond donors (Lipinski definition) is 1. The predicted octanol–water partition coefficient (Wildman–Crippen LogP) is 2.93. The summed E-state index contributed by atoms with van der Waals surface area (Å²) in [6.45, 7) is 2.00. The van der Waals surface area contributed by atoms with Crippen LogP contribution in [-0.2, 0) is 5.60 Å². The number of hydrogen-bond acceptors (Lipinski definition) is 2. The molecule has 0 spiro atoms. The van der Waals surface area contributed by atoms with Crippen LogP contribution in [-0.4, -0.2) is 19.2 Å². The van der Waals surface area contributed by atoms with Crippen LogP contribution in [0.5, 0.6) is 0 Å². The van der Waals surface area contributed by atoms with Crippen molar-refractivity contribution in [2.75, 3.05) is 19.0 Å². The summed E-state index contributed by atoms with van der Waals surface area (Å²) in [5.74, 6) is 2.52. The van der Waals surface area contributed by atoms with Gasteiger partial charge in [-0.15, -0.1) is 6.42 Å². The van der Waals surface area contributed by atoms with Crippen molar-refractivity contribution >= 4 is 5.69 Å². The summed E-state index contributed by atoms with van der Waals surface area (Å²) in [5, 5.41) is 10.8. The van der Waals surface area contributed by atoms with Crippen LogP contribution in [0.15, 0.2) is 48.5 Å². The van der Waals surface area contributed by atoms with E-state index in [1.165, 1.54) is 0 Å². The summed E-state index contributed by atoms with van der Waals surface area (Å²) < 4.78 is 0. The largest absolute Gasteiger partial charge is 0.378 e. The van der Waals surface area contributed by atoms with E-state index in [4.69, 9.17) is 6.42 Å². The van der Waals surface area contributed by atoms with Gasteiger partial charge in [0.2, 0.25) is 0 Å². The van der Waals surface area contributed by atoms with Gasteiger partial charge in [-0.3, -0.25) is 0 Å². The summed E-state index contributed by atoms with van der Waals surface area (Å²) in [6, 6.07) is 15.3. The maximum atomic E-state index is 10.8. The molecule has 1 N–H and O–H groups in total. The smallest absolute Gasteiger partial charge is 0.176 e. The number of aliphatic hydroxyl groups is 1. The second-order valence-corrected chi connectivity index (χ2v) is 5.16. The zero-order valence-electron chi connectivity index (χ0n) is 12.1. The molecule has 0 saturated carbocycles. The Balaban J connectivity index is 2.45. The van der Waals surface area contributed by atoms with Gasteiger partial charge in [-0.2, -0.15) is 0 Å². The molecule has 0 bridgehead atoms. The molecular formula is C18H19NO. The molecule has 2 heteroatoms. The van der Waals surface area contributed by atoms with E-state index in [9.17, 15) is 5.11 Å². The minimum Gasteiger partial charge on any atom is -0.378 e. The van der Waals surface area contributed by atoms with Gasteiger partial charge in [0.15, 0.2) is 5.60 Å². The molecule has 2 aromatic carbocycles. The Kier molecular flexibility index (Phi) is 3.83. The topological polar surface area (TPSA) is 23.5 Å². The fourth-order valence-electron chi connectivity index (χ4n) is 2.13. The second-order valence-electron chi connectivity index (χ2n) is 5.16. The summed E-state index contributed by atoms with van der Waals surface area (Å²) in [7, 11) is 3.95. The maximum Gasteiger partial charge on any atom is 0.176 e. The van der Waals surface area contributed by atoms with E-state index in [1.807, 2.05) is 74.4 Å². The highest BCUT2D eigenvalue weighted by molar-refractivity contribution is 5.51. The van der Waals surface area contributed by atoms with Crippen molar-refractivity contribution in [3.63, 3.8) is 0 Å². The van der Waals surface area contributed by atoms with Crippen LogP contribution in [0.2, 0.25) is 0 Å². The third-order valence-electron chi connectivity index (χ3n) is 3.48. The first kappa shape index (κ1) is 14.2. The molecule has 0 fully saturated rings. The lowest BCUT2D eigenvalue weighted by molar-refractivity contribution is 0.145. The van der Waals surface area contributed by atoms with Gasteiger partial charge < -0.3 is 10.0 Å². The quantitative estimate of drug-likeness (QED) is 0.863. The van der Waals surface area contributed by atoms with Crippen LogP contribution in [0.25, 0.3) is 0 Å². The van der Waals surface area contributed by atoms with E-state index in [0.29, 0.717) is 11.1 Å². The first-order valence-corrected chi connectivity index (χ1v) is 6.52. The van der Waals surface area contributed by atoms with Gasteiger partial charge >= 0.3 is 0 Å². The number of rotatable bonds is 3. The van der Waals surface area contributed by atoms with Crippen LogP contribution in [0, 0.1) is 19.3 Å². The number of aryl methyl sites for hydroxylation is 1. The highest BCUT2D eigenvalue weighted by Crippen LogP contribution is 2.30. The molecule has 102 valence electrons. The van der Waals surface area contributed by atoms with E-state index in [-0.39, 0.29) is 0 Å². The monoisotopic (exact) mass is 265 g/mol. The Morgan fingerprint density at radius 1 is 0.950 bits per heavy atom. The number of anilines is 1. The lowest BCUT2D eigenvalue weighted by Gasteiger charge is -2.24. The van der Waals surface area contributed by atoms with Gasteiger partial charge in [0.25, 0.3) is 0 Å². The average Bonchev–Trinajstić information content (AvgIpc) is 2.47. The Bertz CT molecular complexity index is 620. The van der Waals surface area contributed by atoms with Crippen molar-refractivity contribution in [2.24, 2.45) is 0 Å². The molecule has 0 aliphatic rings. The normalized spacial score (nSPS) is 13.3. The van der Waals surface area contributed by atoms with Gasteiger partial charge in [0.1, 0.15) is 0 Å². The zero-order valence-corrected chi connectivity index (χ0v) is 12.1. The molecule has 1 atom stereocenters. The number of terminal acetylenes is 1. The SMILES string of the molecule is C#CC(O)(c1ccc(C)cc1)c1ccc(N(C)C)cc1. The van der Waals surface area contributed by atoms with Crippen molar-refractivity contribution in [2.45, 2.75) is 12.5 Å². The molecule has 0 saturated heterocycles. The van der Waals surface area contributed by atoms with Crippen molar-refractivity contribution in [1.82, 2.24) is 0 Å². The van der Waals surface area contributed by atoms with Crippen LogP contribution >= 0.6 is 0 Å². The molecule has 0 aliphatic carbocycles.